The summed E-state index contributed by atoms with van der Waals surface area (Å²) in [7, 11) is 1.55. The first-order valence-corrected chi connectivity index (χ1v) is 4.73. The Bertz CT molecular complexity index is 198. The molecule has 0 saturated carbocycles. The Morgan fingerprint density at radius 3 is 3.00 bits per heavy atom. The zero-order chi connectivity index (χ0) is 9.47. The van der Waals surface area contributed by atoms with Gasteiger partial charge in [0.25, 0.3) is 0 Å². The summed E-state index contributed by atoms with van der Waals surface area (Å²) in [5, 5.41) is 0. The van der Waals surface area contributed by atoms with Crippen LogP contribution in [-0.4, -0.2) is 49.6 Å². The van der Waals surface area contributed by atoms with E-state index < -0.39 is 17.9 Å². The lowest BCUT2D eigenvalue weighted by molar-refractivity contribution is 0.0191. The fraction of sp³-hybridized carbons (Fsp3) is 1.00. The lowest BCUT2D eigenvalue weighted by atomic mass is 9.93. The number of hydrogen-bond donors (Lipinski definition) is 0. The van der Waals surface area contributed by atoms with Crippen LogP contribution in [0.3, 0.4) is 0 Å². The van der Waals surface area contributed by atoms with E-state index in [1.807, 2.05) is 4.90 Å². The summed E-state index contributed by atoms with van der Waals surface area (Å²) in [5.41, 5.74) is -0.645. The van der Waals surface area contributed by atoms with Crippen LogP contribution in [0.15, 0.2) is 0 Å². The zero-order valence-electron chi connectivity index (χ0n) is 7.80. The maximum absolute atomic E-state index is 13.6. The maximum atomic E-state index is 13.6. The fourth-order valence-electron chi connectivity index (χ4n) is 2.67. The van der Waals surface area contributed by atoms with E-state index in [1.165, 1.54) is 0 Å². The highest BCUT2D eigenvalue weighted by molar-refractivity contribution is 5.10. The van der Waals surface area contributed by atoms with E-state index in [0.29, 0.717) is 6.61 Å². The molecule has 2 heterocycles. The monoisotopic (exact) mass is 191 g/mol. The van der Waals surface area contributed by atoms with Crippen LogP contribution >= 0.6 is 0 Å². The molecule has 2 rings (SSSR count). The second-order valence-electron chi connectivity index (χ2n) is 4.00. The minimum atomic E-state index is -1.37. The molecule has 2 saturated heterocycles. The first-order chi connectivity index (χ1) is 6.20. The number of fused-ring (bicyclic) bond motifs is 1. The van der Waals surface area contributed by atoms with E-state index in [4.69, 9.17) is 4.74 Å². The topological polar surface area (TPSA) is 12.5 Å². The van der Waals surface area contributed by atoms with Crippen molar-refractivity contribution in [3.63, 3.8) is 0 Å². The Morgan fingerprint density at radius 1 is 1.54 bits per heavy atom. The van der Waals surface area contributed by atoms with Crippen molar-refractivity contribution in [1.29, 1.82) is 0 Å². The molecule has 0 aliphatic carbocycles. The van der Waals surface area contributed by atoms with Gasteiger partial charge in [-0.3, -0.25) is 4.90 Å². The molecule has 0 spiro atoms. The molecular weight excluding hydrogens is 176 g/mol. The largest absolute Gasteiger partial charge is 0.383 e. The Balaban J connectivity index is 2.19. The molecule has 0 aromatic carbocycles. The standard InChI is InChI=1S/C9H15F2NO/c1-13-6-9-3-2-4-12(9)5-7(10)8(9)11/h7-8H,2-6H2,1H3. The third kappa shape index (κ3) is 1.19. The fourth-order valence-corrected chi connectivity index (χ4v) is 2.67. The highest BCUT2D eigenvalue weighted by atomic mass is 19.2. The van der Waals surface area contributed by atoms with Crippen LogP contribution in [0.4, 0.5) is 8.78 Å². The second-order valence-corrected chi connectivity index (χ2v) is 4.00. The number of alkyl halides is 2. The summed E-state index contributed by atoms with van der Waals surface area (Å²) in [5.74, 6) is 0. The molecule has 13 heavy (non-hydrogen) atoms. The van der Waals surface area contributed by atoms with Crippen LogP contribution in [0, 0.1) is 0 Å². The van der Waals surface area contributed by atoms with E-state index in [9.17, 15) is 8.78 Å². The first-order valence-electron chi connectivity index (χ1n) is 4.73. The second kappa shape index (κ2) is 3.17. The van der Waals surface area contributed by atoms with Gasteiger partial charge in [0.2, 0.25) is 0 Å². The molecule has 2 aliphatic rings. The number of methoxy groups -OCH3 is 1. The molecule has 4 heteroatoms. The molecule has 0 N–H and O–H groups in total. The first kappa shape index (κ1) is 9.34. The molecule has 3 atom stereocenters. The molecule has 0 amide bonds. The van der Waals surface area contributed by atoms with Crippen molar-refractivity contribution in [1.82, 2.24) is 4.90 Å². The normalized spacial score (nSPS) is 45.5. The van der Waals surface area contributed by atoms with Gasteiger partial charge in [-0.2, -0.15) is 0 Å². The van der Waals surface area contributed by atoms with E-state index in [0.717, 1.165) is 19.4 Å². The van der Waals surface area contributed by atoms with Crippen LogP contribution in [-0.2, 0) is 4.74 Å². The van der Waals surface area contributed by atoms with Crippen molar-refractivity contribution < 1.29 is 13.5 Å². The maximum Gasteiger partial charge on any atom is 0.153 e. The van der Waals surface area contributed by atoms with Crippen molar-refractivity contribution >= 4 is 0 Å². The van der Waals surface area contributed by atoms with Gasteiger partial charge in [0.15, 0.2) is 6.17 Å². The molecule has 2 aliphatic heterocycles. The SMILES string of the molecule is COCC12CCCN1CC(F)C2F. The number of hydrogen-bond acceptors (Lipinski definition) is 2. The molecule has 2 nitrogen and oxygen atoms in total. The summed E-state index contributed by atoms with van der Waals surface area (Å²) < 4.78 is 31.8. The number of rotatable bonds is 2. The molecular formula is C9H15F2NO. The van der Waals surface area contributed by atoms with E-state index >= 15 is 0 Å². The number of halogens is 2. The van der Waals surface area contributed by atoms with Crippen LogP contribution in [0.25, 0.3) is 0 Å². The quantitative estimate of drug-likeness (QED) is 0.649. The number of nitrogens with zero attached hydrogens (tertiary/aromatic N) is 1. The lowest BCUT2D eigenvalue weighted by Crippen LogP contribution is -2.48. The minimum Gasteiger partial charge on any atom is -0.383 e. The van der Waals surface area contributed by atoms with Crippen molar-refractivity contribution in [3.05, 3.63) is 0 Å². The smallest absolute Gasteiger partial charge is 0.153 e. The summed E-state index contributed by atoms with van der Waals surface area (Å²) in [4.78, 5) is 1.91. The lowest BCUT2D eigenvalue weighted by Gasteiger charge is -2.32. The Labute approximate surface area is 76.9 Å². The average molecular weight is 191 g/mol. The van der Waals surface area contributed by atoms with Crippen LogP contribution < -0.4 is 0 Å². The molecule has 0 radical (unpaired) electrons. The molecule has 0 aromatic rings. The summed E-state index contributed by atoms with van der Waals surface area (Å²) in [6, 6.07) is 0. The van der Waals surface area contributed by atoms with Gasteiger partial charge in [-0.25, -0.2) is 8.78 Å². The van der Waals surface area contributed by atoms with Crippen LogP contribution in [0.1, 0.15) is 12.8 Å². The van der Waals surface area contributed by atoms with Gasteiger partial charge in [0.1, 0.15) is 6.17 Å². The van der Waals surface area contributed by atoms with Crippen molar-refractivity contribution in [2.75, 3.05) is 26.8 Å². The Kier molecular flexibility index (Phi) is 2.28. The van der Waals surface area contributed by atoms with Gasteiger partial charge in [0.05, 0.1) is 12.1 Å². The van der Waals surface area contributed by atoms with Gasteiger partial charge in [0, 0.05) is 13.7 Å². The highest BCUT2D eigenvalue weighted by Crippen LogP contribution is 2.42. The third-order valence-electron chi connectivity index (χ3n) is 3.29. The zero-order valence-corrected chi connectivity index (χ0v) is 7.80. The summed E-state index contributed by atoms with van der Waals surface area (Å²) in [6.07, 6.45) is -1.01. The molecule has 0 aromatic heterocycles. The van der Waals surface area contributed by atoms with Gasteiger partial charge in [-0.05, 0) is 19.4 Å². The molecule has 76 valence electrons. The van der Waals surface area contributed by atoms with Crippen molar-refractivity contribution in [2.24, 2.45) is 0 Å². The van der Waals surface area contributed by atoms with E-state index in [1.54, 1.807) is 7.11 Å². The van der Waals surface area contributed by atoms with Gasteiger partial charge in [-0.15, -0.1) is 0 Å². The highest BCUT2D eigenvalue weighted by Gasteiger charge is 2.57. The van der Waals surface area contributed by atoms with E-state index in [2.05, 4.69) is 0 Å². The average Bonchev–Trinajstić information content (AvgIpc) is 2.57. The minimum absolute atomic E-state index is 0.241. The molecule has 3 unspecified atom stereocenters. The predicted octanol–water partition coefficient (Wildman–Crippen LogP) is 1.16. The van der Waals surface area contributed by atoms with Crippen molar-refractivity contribution in [3.8, 4) is 0 Å². The van der Waals surface area contributed by atoms with Crippen LogP contribution in [0.5, 0.6) is 0 Å². The third-order valence-corrected chi connectivity index (χ3v) is 3.29. The van der Waals surface area contributed by atoms with E-state index in [-0.39, 0.29) is 6.54 Å². The van der Waals surface area contributed by atoms with Gasteiger partial charge in [-0.1, -0.05) is 0 Å². The molecule has 0 bridgehead atoms. The molecule has 2 fully saturated rings. The summed E-state index contributed by atoms with van der Waals surface area (Å²) >= 11 is 0. The predicted molar refractivity (Wildman–Crippen MR) is 45.2 cm³/mol. The van der Waals surface area contributed by atoms with Gasteiger partial charge >= 0.3 is 0 Å². The number of ether oxygens (including phenoxy) is 1. The Hall–Kier alpha value is -0.220. The Morgan fingerprint density at radius 2 is 2.31 bits per heavy atom. The van der Waals surface area contributed by atoms with Crippen molar-refractivity contribution in [2.45, 2.75) is 30.7 Å². The summed E-state index contributed by atoms with van der Waals surface area (Å²) in [6.45, 7) is 1.36. The van der Waals surface area contributed by atoms with Crippen LogP contribution in [0.2, 0.25) is 0 Å². The van der Waals surface area contributed by atoms with Gasteiger partial charge < -0.3 is 4.74 Å².